The lowest BCUT2D eigenvalue weighted by Gasteiger charge is -2.41. The lowest BCUT2D eigenvalue weighted by Crippen LogP contribution is -2.53. The summed E-state index contributed by atoms with van der Waals surface area (Å²) < 4.78 is 5.00. The maximum atomic E-state index is 10.0. The number of carboxylic acid groups (broad SMARTS) is 1. The summed E-state index contributed by atoms with van der Waals surface area (Å²) in [7, 11) is 0. The second-order valence-corrected chi connectivity index (χ2v) is 3.39. The van der Waals surface area contributed by atoms with Crippen LogP contribution >= 0.6 is 0 Å². The van der Waals surface area contributed by atoms with Crippen LogP contribution in [0.3, 0.4) is 0 Å². The van der Waals surface area contributed by atoms with Crippen molar-refractivity contribution in [2.45, 2.75) is 31.4 Å². The zero-order chi connectivity index (χ0) is 8.48. The number of carboxylic acids is 1. The Kier molecular flexibility index (Phi) is 2.15. The van der Waals surface area contributed by atoms with E-state index in [-0.39, 0.29) is 18.2 Å². The zero-order valence-corrected chi connectivity index (χ0v) is 6.54. The predicted octanol–water partition coefficient (Wildman–Crippen LogP) is -0.0326. The Balaban J connectivity index is 2.09. The Labute approximate surface area is 65.3 Å². The lowest BCUT2D eigenvalue weighted by molar-refractivity contribution is -0.147. The molecule has 0 aromatic heterocycles. The van der Waals surface area contributed by atoms with Gasteiger partial charge in [0.15, 0.2) is 0 Å². The van der Waals surface area contributed by atoms with Crippen molar-refractivity contribution in [1.82, 2.24) is 0 Å². The Morgan fingerprint density at radius 2 is 2.36 bits per heavy atom. The van der Waals surface area contributed by atoms with Gasteiger partial charge in [0.25, 0.3) is 0 Å². The average molecular weight is 159 g/mol. The molecule has 0 radical (unpaired) electrons. The van der Waals surface area contributed by atoms with Gasteiger partial charge in [0.1, 0.15) is 6.61 Å². The standard InChI is InChI=1S/C7H13NO3/c1-7(8)2-5(3-7)11-4-6(9)10/h5H,2-4,8H2,1H3,(H,9,10). The first-order chi connectivity index (χ1) is 4.99. The minimum absolute atomic E-state index is 0.0566. The molecule has 0 aliphatic heterocycles. The predicted molar refractivity (Wildman–Crippen MR) is 39.2 cm³/mol. The van der Waals surface area contributed by atoms with E-state index in [0.717, 1.165) is 12.8 Å². The summed E-state index contributed by atoms with van der Waals surface area (Å²) in [5.74, 6) is -0.921. The van der Waals surface area contributed by atoms with Crippen LogP contribution < -0.4 is 5.73 Å². The van der Waals surface area contributed by atoms with Crippen molar-refractivity contribution < 1.29 is 14.6 Å². The average Bonchev–Trinajstić information content (AvgIpc) is 1.78. The van der Waals surface area contributed by atoms with E-state index in [4.69, 9.17) is 15.6 Å². The van der Waals surface area contributed by atoms with Crippen LogP contribution in [-0.4, -0.2) is 29.3 Å². The summed E-state index contributed by atoms with van der Waals surface area (Å²) in [4.78, 5) is 10.0. The summed E-state index contributed by atoms with van der Waals surface area (Å²) in [6.45, 7) is 1.73. The van der Waals surface area contributed by atoms with Crippen molar-refractivity contribution in [3.05, 3.63) is 0 Å². The van der Waals surface area contributed by atoms with Gasteiger partial charge < -0.3 is 15.6 Å². The maximum absolute atomic E-state index is 10.0. The third-order valence-electron chi connectivity index (χ3n) is 1.83. The molecule has 4 heteroatoms. The third-order valence-corrected chi connectivity index (χ3v) is 1.83. The molecule has 0 aromatic carbocycles. The van der Waals surface area contributed by atoms with Gasteiger partial charge in [-0.25, -0.2) is 4.79 Å². The third kappa shape index (κ3) is 2.48. The fourth-order valence-corrected chi connectivity index (χ4v) is 1.29. The van der Waals surface area contributed by atoms with Crippen molar-refractivity contribution in [2.24, 2.45) is 5.73 Å². The zero-order valence-electron chi connectivity index (χ0n) is 6.54. The number of hydrogen-bond donors (Lipinski definition) is 2. The minimum Gasteiger partial charge on any atom is -0.480 e. The molecule has 1 saturated carbocycles. The van der Waals surface area contributed by atoms with E-state index >= 15 is 0 Å². The van der Waals surface area contributed by atoms with E-state index < -0.39 is 5.97 Å². The number of rotatable bonds is 3. The second kappa shape index (κ2) is 2.79. The highest BCUT2D eigenvalue weighted by Crippen LogP contribution is 2.31. The van der Waals surface area contributed by atoms with E-state index in [9.17, 15) is 4.79 Å². The number of nitrogens with two attached hydrogens (primary N) is 1. The molecule has 1 fully saturated rings. The van der Waals surface area contributed by atoms with Crippen LogP contribution in [0.2, 0.25) is 0 Å². The van der Waals surface area contributed by atoms with Crippen LogP contribution in [0.4, 0.5) is 0 Å². The first-order valence-electron chi connectivity index (χ1n) is 3.62. The molecule has 0 aromatic rings. The van der Waals surface area contributed by atoms with Gasteiger partial charge in [-0.15, -0.1) is 0 Å². The van der Waals surface area contributed by atoms with Gasteiger partial charge in [0.2, 0.25) is 0 Å². The van der Waals surface area contributed by atoms with E-state index in [2.05, 4.69) is 0 Å². The molecule has 1 rings (SSSR count). The summed E-state index contributed by atoms with van der Waals surface area (Å²) in [6.07, 6.45) is 1.58. The van der Waals surface area contributed by atoms with E-state index in [0.29, 0.717) is 0 Å². The number of ether oxygens (including phenoxy) is 1. The Morgan fingerprint density at radius 1 is 1.82 bits per heavy atom. The Bertz CT molecular complexity index is 159. The van der Waals surface area contributed by atoms with Crippen molar-refractivity contribution in [3.8, 4) is 0 Å². The van der Waals surface area contributed by atoms with Gasteiger partial charge >= 0.3 is 5.97 Å². The normalized spacial score (nSPS) is 36.4. The fourth-order valence-electron chi connectivity index (χ4n) is 1.29. The molecule has 1 aliphatic rings. The highest BCUT2D eigenvalue weighted by Gasteiger charge is 2.37. The molecule has 4 nitrogen and oxygen atoms in total. The quantitative estimate of drug-likeness (QED) is 0.606. The van der Waals surface area contributed by atoms with Crippen LogP contribution in [0.5, 0.6) is 0 Å². The number of carbonyl (C=O) groups is 1. The topological polar surface area (TPSA) is 72.5 Å². The molecule has 0 amide bonds. The van der Waals surface area contributed by atoms with Gasteiger partial charge in [0.05, 0.1) is 6.10 Å². The molecule has 0 atom stereocenters. The van der Waals surface area contributed by atoms with E-state index in [1.165, 1.54) is 0 Å². The van der Waals surface area contributed by atoms with Gasteiger partial charge in [-0.2, -0.15) is 0 Å². The van der Waals surface area contributed by atoms with Crippen molar-refractivity contribution in [2.75, 3.05) is 6.61 Å². The number of hydrogen-bond acceptors (Lipinski definition) is 3. The molecule has 0 saturated heterocycles. The van der Waals surface area contributed by atoms with Crippen molar-refractivity contribution in [1.29, 1.82) is 0 Å². The number of aliphatic carboxylic acids is 1. The van der Waals surface area contributed by atoms with Gasteiger partial charge in [0, 0.05) is 5.54 Å². The van der Waals surface area contributed by atoms with Crippen molar-refractivity contribution >= 4 is 5.97 Å². The summed E-state index contributed by atoms with van der Waals surface area (Å²) in [5, 5.41) is 8.26. The molecule has 0 heterocycles. The lowest BCUT2D eigenvalue weighted by atomic mass is 9.77. The Hall–Kier alpha value is -0.610. The highest BCUT2D eigenvalue weighted by atomic mass is 16.5. The molecular formula is C7H13NO3. The molecule has 11 heavy (non-hydrogen) atoms. The van der Waals surface area contributed by atoms with Gasteiger partial charge in [-0.05, 0) is 19.8 Å². The molecule has 64 valence electrons. The SMILES string of the molecule is CC1(N)CC(OCC(=O)O)C1. The van der Waals surface area contributed by atoms with Crippen LogP contribution in [0.25, 0.3) is 0 Å². The largest absolute Gasteiger partial charge is 0.480 e. The highest BCUT2D eigenvalue weighted by molar-refractivity contribution is 5.68. The summed E-state index contributed by atoms with van der Waals surface area (Å²) in [5.41, 5.74) is 5.56. The maximum Gasteiger partial charge on any atom is 0.329 e. The van der Waals surface area contributed by atoms with Gasteiger partial charge in [-0.1, -0.05) is 0 Å². The molecule has 0 unspecified atom stereocenters. The first-order valence-corrected chi connectivity index (χ1v) is 3.62. The minimum atomic E-state index is -0.921. The molecule has 0 bridgehead atoms. The van der Waals surface area contributed by atoms with E-state index in [1.54, 1.807) is 0 Å². The van der Waals surface area contributed by atoms with Crippen molar-refractivity contribution in [3.63, 3.8) is 0 Å². The van der Waals surface area contributed by atoms with Crippen LogP contribution in [0, 0.1) is 0 Å². The molecular weight excluding hydrogens is 146 g/mol. The monoisotopic (exact) mass is 159 g/mol. The Morgan fingerprint density at radius 3 is 2.73 bits per heavy atom. The van der Waals surface area contributed by atoms with E-state index in [1.807, 2.05) is 6.92 Å². The van der Waals surface area contributed by atoms with Crippen LogP contribution in [0.15, 0.2) is 0 Å². The first kappa shape index (κ1) is 8.49. The second-order valence-electron chi connectivity index (χ2n) is 3.39. The molecule has 3 N–H and O–H groups in total. The molecule has 0 spiro atoms. The summed E-state index contributed by atoms with van der Waals surface area (Å²) in [6, 6.07) is 0. The van der Waals surface area contributed by atoms with Gasteiger partial charge in [-0.3, -0.25) is 0 Å². The smallest absolute Gasteiger partial charge is 0.329 e. The van der Waals surface area contributed by atoms with Crippen LogP contribution in [0.1, 0.15) is 19.8 Å². The summed E-state index contributed by atoms with van der Waals surface area (Å²) >= 11 is 0. The molecule has 1 aliphatic carbocycles. The van der Waals surface area contributed by atoms with Crippen LogP contribution in [-0.2, 0) is 9.53 Å². The fraction of sp³-hybridized carbons (Fsp3) is 0.857.